The summed E-state index contributed by atoms with van der Waals surface area (Å²) in [7, 11) is 0. The molecule has 1 amide bonds. The number of imidazole rings is 1. The first-order valence-corrected chi connectivity index (χ1v) is 6.70. The summed E-state index contributed by atoms with van der Waals surface area (Å²) in [4.78, 5) is 19.3. The number of carbonyl (C=O) groups excluding carboxylic acids is 1. The highest BCUT2D eigenvalue weighted by Gasteiger charge is 2.43. The average molecular weight is 317 g/mol. The van der Waals surface area contributed by atoms with E-state index in [0.29, 0.717) is 0 Å². The number of rotatable bonds is 0. The number of halogens is 3. The maximum absolute atomic E-state index is 12.8. The fraction of sp³-hybridized carbons (Fsp3) is 0.571. The third-order valence-electron chi connectivity index (χ3n) is 3.19. The second-order valence-corrected chi connectivity index (χ2v) is 6.57. The molecule has 0 saturated heterocycles. The van der Waals surface area contributed by atoms with Crippen LogP contribution in [-0.2, 0) is 16.5 Å². The van der Waals surface area contributed by atoms with Crippen molar-refractivity contribution in [2.24, 2.45) is 0 Å². The fourth-order valence-corrected chi connectivity index (χ4v) is 2.16. The van der Waals surface area contributed by atoms with Crippen molar-refractivity contribution in [3.8, 4) is 0 Å². The number of aromatic nitrogens is 2. The number of hydrogen-bond acceptors (Lipinski definition) is 3. The van der Waals surface area contributed by atoms with E-state index >= 15 is 0 Å². The molecule has 0 bridgehead atoms. The van der Waals surface area contributed by atoms with Gasteiger partial charge >= 0.3 is 12.3 Å². The van der Waals surface area contributed by atoms with Crippen molar-refractivity contribution >= 4 is 12.2 Å². The molecule has 1 N–H and O–H groups in total. The van der Waals surface area contributed by atoms with Crippen LogP contribution in [-0.4, -0.2) is 26.6 Å². The molecule has 5 nitrogen and oxygen atoms in total. The molecule has 1 aromatic heterocycles. The van der Waals surface area contributed by atoms with Crippen molar-refractivity contribution in [1.82, 2.24) is 14.9 Å². The van der Waals surface area contributed by atoms with Crippen LogP contribution < -0.4 is 0 Å². The molecule has 2 rings (SSSR count). The van der Waals surface area contributed by atoms with E-state index in [0.717, 1.165) is 0 Å². The molecule has 2 heterocycles. The molecule has 0 aromatic carbocycles. The van der Waals surface area contributed by atoms with Gasteiger partial charge in [-0.15, -0.1) is 0 Å². The lowest BCUT2D eigenvalue weighted by Crippen LogP contribution is -2.46. The van der Waals surface area contributed by atoms with Gasteiger partial charge in [-0.3, -0.25) is 4.90 Å². The summed E-state index contributed by atoms with van der Waals surface area (Å²) in [6.07, 6.45) is -2.46. The minimum Gasteiger partial charge on any atom is -0.443 e. The topological polar surface area (TPSA) is 58.2 Å². The summed E-state index contributed by atoms with van der Waals surface area (Å²) in [5.41, 5.74) is -1.36. The summed E-state index contributed by atoms with van der Waals surface area (Å²) >= 11 is 0. The van der Waals surface area contributed by atoms with E-state index in [-0.39, 0.29) is 11.4 Å². The van der Waals surface area contributed by atoms with Gasteiger partial charge in [0.25, 0.3) is 0 Å². The van der Waals surface area contributed by atoms with Crippen LogP contribution in [0.15, 0.2) is 6.20 Å². The number of nitrogens with one attached hydrogen (secondary N) is 1. The van der Waals surface area contributed by atoms with E-state index in [9.17, 15) is 18.0 Å². The van der Waals surface area contributed by atoms with E-state index in [1.54, 1.807) is 34.6 Å². The standard InChI is InChI=1S/C14H18F3N3O2/c1-12(2,3)22-11(21)20-7-6-8-9(13(20,4)5)19-10(18-8)14(15,16)17/h6-7H,1-5H3,(H,18,19). The highest BCUT2D eigenvalue weighted by atomic mass is 19.4. The van der Waals surface area contributed by atoms with Crippen LogP contribution in [0.3, 0.4) is 0 Å². The predicted octanol–water partition coefficient (Wildman–Crippen LogP) is 3.89. The molecule has 0 fully saturated rings. The summed E-state index contributed by atoms with van der Waals surface area (Å²) < 4.78 is 43.6. The predicted molar refractivity (Wildman–Crippen MR) is 73.7 cm³/mol. The Morgan fingerprint density at radius 3 is 2.41 bits per heavy atom. The molecule has 8 heteroatoms. The highest BCUT2D eigenvalue weighted by molar-refractivity contribution is 5.74. The monoisotopic (exact) mass is 317 g/mol. The minimum atomic E-state index is -4.57. The van der Waals surface area contributed by atoms with Gasteiger partial charge in [-0.1, -0.05) is 0 Å². The number of aromatic amines is 1. The molecule has 0 aliphatic carbocycles. The van der Waals surface area contributed by atoms with Crippen LogP contribution in [0, 0.1) is 0 Å². The van der Waals surface area contributed by atoms with Gasteiger partial charge in [0, 0.05) is 6.20 Å². The van der Waals surface area contributed by atoms with Crippen LogP contribution in [0.5, 0.6) is 0 Å². The van der Waals surface area contributed by atoms with Crippen molar-refractivity contribution < 1.29 is 22.7 Å². The quantitative estimate of drug-likeness (QED) is 0.790. The second kappa shape index (κ2) is 4.76. The fourth-order valence-electron chi connectivity index (χ4n) is 2.16. The van der Waals surface area contributed by atoms with Crippen molar-refractivity contribution in [2.45, 2.75) is 51.9 Å². The van der Waals surface area contributed by atoms with Gasteiger partial charge in [0.1, 0.15) is 5.60 Å². The van der Waals surface area contributed by atoms with Crippen LogP contribution in [0.2, 0.25) is 0 Å². The number of carbonyl (C=O) groups is 1. The molecule has 0 unspecified atom stereocenters. The molecule has 0 saturated carbocycles. The van der Waals surface area contributed by atoms with E-state index in [2.05, 4.69) is 9.97 Å². The summed E-state index contributed by atoms with van der Waals surface area (Å²) in [5, 5.41) is 0. The third kappa shape index (κ3) is 2.95. The van der Waals surface area contributed by atoms with Gasteiger partial charge in [0.2, 0.25) is 5.82 Å². The number of fused-ring (bicyclic) bond motifs is 1. The highest BCUT2D eigenvalue weighted by Crippen LogP contribution is 2.37. The number of nitrogens with zero attached hydrogens (tertiary/aromatic N) is 2. The maximum atomic E-state index is 12.8. The molecule has 1 aromatic rings. The van der Waals surface area contributed by atoms with Crippen LogP contribution >= 0.6 is 0 Å². The Kier molecular flexibility index (Phi) is 3.54. The number of H-pyrrole nitrogens is 1. The van der Waals surface area contributed by atoms with Gasteiger partial charge in [-0.25, -0.2) is 9.78 Å². The minimum absolute atomic E-state index is 0.164. The Bertz CT molecular complexity index is 624. The zero-order valence-electron chi connectivity index (χ0n) is 13.0. The molecule has 122 valence electrons. The lowest BCUT2D eigenvalue weighted by atomic mass is 9.94. The normalized spacial score (nSPS) is 17.4. The van der Waals surface area contributed by atoms with Crippen molar-refractivity contribution in [1.29, 1.82) is 0 Å². The SMILES string of the molecule is CC(C)(C)OC(=O)N1C=Cc2nc(C(F)(F)F)[nH]c2C1(C)C. The van der Waals surface area contributed by atoms with E-state index < -0.39 is 29.2 Å². The zero-order valence-corrected chi connectivity index (χ0v) is 13.0. The lowest BCUT2D eigenvalue weighted by Gasteiger charge is -2.38. The second-order valence-electron chi connectivity index (χ2n) is 6.57. The lowest BCUT2D eigenvalue weighted by molar-refractivity contribution is -0.144. The summed E-state index contributed by atoms with van der Waals surface area (Å²) in [6.45, 7) is 8.40. The van der Waals surface area contributed by atoms with Gasteiger partial charge in [0.05, 0.1) is 16.9 Å². The number of amides is 1. The van der Waals surface area contributed by atoms with Crippen LogP contribution in [0.4, 0.5) is 18.0 Å². The number of alkyl halides is 3. The van der Waals surface area contributed by atoms with Gasteiger partial charge in [0.15, 0.2) is 0 Å². The Morgan fingerprint density at radius 2 is 1.91 bits per heavy atom. The average Bonchev–Trinajstić information content (AvgIpc) is 2.70. The van der Waals surface area contributed by atoms with Crippen molar-refractivity contribution in [3.05, 3.63) is 23.4 Å². The first-order chi connectivity index (χ1) is 9.82. The summed E-state index contributed by atoms with van der Waals surface area (Å²) in [6, 6.07) is 0. The largest absolute Gasteiger partial charge is 0.449 e. The smallest absolute Gasteiger partial charge is 0.443 e. The van der Waals surface area contributed by atoms with Crippen LogP contribution in [0.25, 0.3) is 6.08 Å². The molecular weight excluding hydrogens is 299 g/mol. The Labute approximate surface area is 126 Å². The van der Waals surface area contributed by atoms with E-state index in [1.807, 2.05) is 0 Å². The third-order valence-corrected chi connectivity index (χ3v) is 3.19. The Hall–Kier alpha value is -1.99. The van der Waals surface area contributed by atoms with Crippen molar-refractivity contribution in [2.75, 3.05) is 0 Å². The maximum Gasteiger partial charge on any atom is 0.449 e. The van der Waals surface area contributed by atoms with Gasteiger partial charge in [-0.2, -0.15) is 13.2 Å². The molecular formula is C14H18F3N3O2. The Morgan fingerprint density at radius 1 is 1.32 bits per heavy atom. The number of ether oxygens (including phenoxy) is 1. The molecule has 22 heavy (non-hydrogen) atoms. The summed E-state index contributed by atoms with van der Waals surface area (Å²) in [5.74, 6) is -1.08. The molecule has 0 spiro atoms. The zero-order chi connectivity index (χ0) is 16.9. The van der Waals surface area contributed by atoms with Gasteiger partial charge in [-0.05, 0) is 40.7 Å². The van der Waals surface area contributed by atoms with Crippen LogP contribution in [0.1, 0.15) is 51.8 Å². The number of hydrogen-bond donors (Lipinski definition) is 1. The first-order valence-electron chi connectivity index (χ1n) is 6.70. The Balaban J connectivity index is 2.38. The molecule has 0 atom stereocenters. The first kappa shape index (κ1) is 16.4. The van der Waals surface area contributed by atoms with E-state index in [4.69, 9.17) is 4.74 Å². The van der Waals surface area contributed by atoms with Gasteiger partial charge < -0.3 is 9.72 Å². The van der Waals surface area contributed by atoms with Crippen molar-refractivity contribution in [3.63, 3.8) is 0 Å². The molecule has 1 aliphatic rings. The molecule has 1 aliphatic heterocycles. The molecule has 0 radical (unpaired) electrons. The van der Waals surface area contributed by atoms with E-state index in [1.165, 1.54) is 17.2 Å².